The van der Waals surface area contributed by atoms with Crippen LogP contribution in [-0.2, 0) is 0 Å². The van der Waals surface area contributed by atoms with Crippen LogP contribution in [0.5, 0.6) is 0 Å². The Balaban J connectivity index is 2.67. The molecule has 5 heteroatoms. The molecule has 66 valence electrons. The summed E-state index contributed by atoms with van der Waals surface area (Å²) >= 11 is 0. The van der Waals surface area contributed by atoms with Gasteiger partial charge < -0.3 is 9.62 Å². The molecule has 2 aromatic rings. The summed E-state index contributed by atoms with van der Waals surface area (Å²) in [5, 5.41) is 11.1. The quantitative estimate of drug-likeness (QED) is 0.387. The predicted molar refractivity (Wildman–Crippen MR) is 46.2 cm³/mol. The van der Waals surface area contributed by atoms with E-state index < -0.39 is 5.76 Å². The molecule has 0 radical (unpaired) electrons. The van der Waals surface area contributed by atoms with Crippen LogP contribution in [-0.4, -0.2) is 16.4 Å². The maximum atomic E-state index is 10.8. The van der Waals surface area contributed by atoms with Crippen LogP contribution in [0.1, 0.15) is 5.56 Å². The lowest BCUT2D eigenvalue weighted by atomic mass is 10.2. The first-order valence-corrected chi connectivity index (χ1v) is 3.60. The summed E-state index contributed by atoms with van der Waals surface area (Å²) in [5.41, 5.74) is 1.74. The zero-order valence-electron chi connectivity index (χ0n) is 6.52. The second kappa shape index (κ2) is 2.78. The predicted octanol–water partition coefficient (Wildman–Crippen LogP) is 0.929. The standard InChI is InChI=1S/C8H6N2O3/c11-8-10-6-2-1-5(4-9-12)3-7(6)13-8/h1-4,12H,(H,10,11)/b9-4+. The van der Waals surface area contributed by atoms with Crippen LogP contribution in [0.4, 0.5) is 0 Å². The highest BCUT2D eigenvalue weighted by atomic mass is 16.4. The zero-order valence-corrected chi connectivity index (χ0v) is 6.52. The molecule has 0 unspecified atom stereocenters. The number of aromatic nitrogens is 1. The molecule has 0 aliphatic heterocycles. The molecule has 0 amide bonds. The van der Waals surface area contributed by atoms with Gasteiger partial charge in [-0.05, 0) is 17.7 Å². The molecule has 0 saturated carbocycles. The maximum absolute atomic E-state index is 10.8. The summed E-state index contributed by atoms with van der Waals surface area (Å²) in [6.07, 6.45) is 1.26. The van der Waals surface area contributed by atoms with Crippen LogP contribution >= 0.6 is 0 Å². The van der Waals surface area contributed by atoms with Crippen LogP contribution in [0.2, 0.25) is 0 Å². The van der Waals surface area contributed by atoms with Gasteiger partial charge in [-0.1, -0.05) is 11.2 Å². The van der Waals surface area contributed by atoms with Crippen molar-refractivity contribution in [1.82, 2.24) is 4.98 Å². The number of aromatic amines is 1. The van der Waals surface area contributed by atoms with Crippen molar-refractivity contribution in [2.45, 2.75) is 0 Å². The smallest absolute Gasteiger partial charge is 0.411 e. The van der Waals surface area contributed by atoms with Crippen LogP contribution in [0.15, 0.2) is 32.6 Å². The highest BCUT2D eigenvalue weighted by molar-refractivity contribution is 5.85. The van der Waals surface area contributed by atoms with Crippen molar-refractivity contribution in [3.8, 4) is 0 Å². The van der Waals surface area contributed by atoms with Gasteiger partial charge in [-0.2, -0.15) is 0 Å². The second-order valence-electron chi connectivity index (χ2n) is 2.51. The first-order chi connectivity index (χ1) is 6.29. The van der Waals surface area contributed by atoms with E-state index in [4.69, 9.17) is 9.62 Å². The average molecular weight is 178 g/mol. The number of nitrogens with one attached hydrogen (secondary N) is 1. The average Bonchev–Trinajstić information content (AvgIpc) is 2.44. The number of fused-ring (bicyclic) bond motifs is 1. The Kier molecular flexibility index (Phi) is 1.63. The second-order valence-corrected chi connectivity index (χ2v) is 2.51. The highest BCUT2D eigenvalue weighted by Gasteiger charge is 2.00. The van der Waals surface area contributed by atoms with Crippen molar-refractivity contribution in [2.24, 2.45) is 5.16 Å². The molecule has 0 fully saturated rings. The molecule has 0 atom stereocenters. The first kappa shape index (κ1) is 7.60. The van der Waals surface area contributed by atoms with E-state index in [9.17, 15) is 4.79 Å². The van der Waals surface area contributed by atoms with Crippen LogP contribution in [0.25, 0.3) is 11.1 Å². The molecule has 0 bridgehead atoms. The molecule has 0 aliphatic carbocycles. The zero-order chi connectivity index (χ0) is 9.26. The molecule has 5 nitrogen and oxygen atoms in total. The highest BCUT2D eigenvalue weighted by Crippen LogP contribution is 2.10. The van der Waals surface area contributed by atoms with E-state index in [0.29, 0.717) is 16.7 Å². The van der Waals surface area contributed by atoms with Crippen LogP contribution in [0, 0.1) is 0 Å². The fourth-order valence-electron chi connectivity index (χ4n) is 1.11. The van der Waals surface area contributed by atoms with Crippen molar-refractivity contribution < 1.29 is 9.62 Å². The number of hydrogen-bond acceptors (Lipinski definition) is 4. The summed E-state index contributed by atoms with van der Waals surface area (Å²) in [7, 11) is 0. The van der Waals surface area contributed by atoms with E-state index in [1.54, 1.807) is 18.2 Å². The van der Waals surface area contributed by atoms with Crippen molar-refractivity contribution in [3.63, 3.8) is 0 Å². The Labute approximate surface area is 72.3 Å². The van der Waals surface area contributed by atoms with E-state index in [0.717, 1.165) is 0 Å². The molecule has 0 spiro atoms. The third kappa shape index (κ3) is 1.31. The summed E-state index contributed by atoms with van der Waals surface area (Å²) in [6.45, 7) is 0. The number of benzene rings is 1. The van der Waals surface area contributed by atoms with Gasteiger partial charge in [0.1, 0.15) is 0 Å². The van der Waals surface area contributed by atoms with Gasteiger partial charge in [0.05, 0.1) is 11.7 Å². The van der Waals surface area contributed by atoms with Crippen molar-refractivity contribution >= 4 is 17.3 Å². The lowest BCUT2D eigenvalue weighted by molar-refractivity contribution is 0.322. The Hall–Kier alpha value is -2.04. The fourth-order valence-corrected chi connectivity index (χ4v) is 1.11. The van der Waals surface area contributed by atoms with Crippen molar-refractivity contribution in [1.29, 1.82) is 0 Å². The topological polar surface area (TPSA) is 78.6 Å². The van der Waals surface area contributed by atoms with Gasteiger partial charge in [-0.25, -0.2) is 4.79 Å². The number of rotatable bonds is 1. The Morgan fingerprint density at radius 3 is 3.15 bits per heavy atom. The Morgan fingerprint density at radius 2 is 2.38 bits per heavy atom. The fraction of sp³-hybridized carbons (Fsp3) is 0. The van der Waals surface area contributed by atoms with E-state index in [1.165, 1.54) is 6.21 Å². The van der Waals surface area contributed by atoms with Crippen molar-refractivity contribution in [2.75, 3.05) is 0 Å². The molecule has 1 heterocycles. The Morgan fingerprint density at radius 1 is 1.54 bits per heavy atom. The van der Waals surface area contributed by atoms with E-state index >= 15 is 0 Å². The minimum absolute atomic E-state index is 0.447. The van der Waals surface area contributed by atoms with Gasteiger partial charge >= 0.3 is 5.76 Å². The number of oxime groups is 1. The van der Waals surface area contributed by atoms with Gasteiger partial charge in [0.25, 0.3) is 0 Å². The molecule has 2 N–H and O–H groups in total. The van der Waals surface area contributed by atoms with E-state index in [-0.39, 0.29) is 0 Å². The molecule has 0 aliphatic rings. The SMILES string of the molecule is O=c1[nH]c2ccc(/C=N/O)cc2o1. The number of H-pyrrole nitrogens is 1. The lowest BCUT2D eigenvalue weighted by Gasteiger charge is -1.89. The van der Waals surface area contributed by atoms with Gasteiger partial charge in [-0.3, -0.25) is 4.98 Å². The molecule has 2 rings (SSSR count). The minimum atomic E-state index is -0.493. The van der Waals surface area contributed by atoms with Gasteiger partial charge in [0.15, 0.2) is 5.58 Å². The molecule has 1 aromatic carbocycles. The molecule has 1 aromatic heterocycles. The number of hydrogen-bond donors (Lipinski definition) is 2. The molecular weight excluding hydrogens is 172 g/mol. The minimum Gasteiger partial charge on any atom is -0.411 e. The van der Waals surface area contributed by atoms with Gasteiger partial charge in [-0.15, -0.1) is 0 Å². The summed E-state index contributed by atoms with van der Waals surface area (Å²) in [6, 6.07) is 4.98. The largest absolute Gasteiger partial charge is 0.417 e. The first-order valence-electron chi connectivity index (χ1n) is 3.60. The summed E-state index contributed by atoms with van der Waals surface area (Å²) in [4.78, 5) is 13.3. The monoisotopic (exact) mass is 178 g/mol. The van der Waals surface area contributed by atoms with Gasteiger partial charge in [0.2, 0.25) is 0 Å². The lowest BCUT2D eigenvalue weighted by Crippen LogP contribution is -1.92. The molecule has 0 saturated heterocycles. The third-order valence-corrected chi connectivity index (χ3v) is 1.65. The number of nitrogens with zero attached hydrogens (tertiary/aromatic N) is 1. The summed E-state index contributed by atoms with van der Waals surface area (Å²) in [5.74, 6) is -0.493. The van der Waals surface area contributed by atoms with E-state index in [2.05, 4.69) is 10.1 Å². The Bertz CT molecular complexity index is 509. The molecular formula is C8H6N2O3. The van der Waals surface area contributed by atoms with E-state index in [1.807, 2.05) is 0 Å². The number of oxazole rings is 1. The summed E-state index contributed by atoms with van der Waals surface area (Å²) < 4.78 is 4.80. The molecule has 13 heavy (non-hydrogen) atoms. The van der Waals surface area contributed by atoms with Gasteiger partial charge in [0, 0.05) is 0 Å². The maximum Gasteiger partial charge on any atom is 0.417 e. The normalized spacial score (nSPS) is 11.4. The van der Waals surface area contributed by atoms with Crippen LogP contribution in [0.3, 0.4) is 0 Å². The van der Waals surface area contributed by atoms with Crippen LogP contribution < -0.4 is 5.76 Å². The van der Waals surface area contributed by atoms with Crippen molar-refractivity contribution in [3.05, 3.63) is 34.3 Å². The third-order valence-electron chi connectivity index (χ3n) is 1.65.